The molecule has 1 rings (SSSR count). The van der Waals surface area contributed by atoms with Crippen LogP contribution in [0, 0.1) is 13.8 Å². The van der Waals surface area contributed by atoms with Crippen LogP contribution >= 0.6 is 0 Å². The Hall–Kier alpha value is 0.205. The molecule has 0 aliphatic carbocycles. The van der Waals surface area contributed by atoms with E-state index in [1.807, 2.05) is 32.0 Å². The minimum Gasteiger partial charge on any atom is -0.423 e. The van der Waals surface area contributed by atoms with E-state index in [1.54, 1.807) is 0 Å². The van der Waals surface area contributed by atoms with Gasteiger partial charge < -0.3 is 10.0 Å². The smallest absolute Gasteiger partial charge is 0.423 e. The van der Waals surface area contributed by atoms with Crippen LogP contribution in [-0.2, 0) is 0 Å². The fourth-order valence-electron chi connectivity index (χ4n) is 1.23. The monoisotopic (exact) mass is 173 g/mol. The average Bonchev–Trinajstić information content (AvgIpc) is 1.85. The van der Waals surface area contributed by atoms with Gasteiger partial charge in [-0.3, -0.25) is 0 Å². The van der Waals surface area contributed by atoms with Gasteiger partial charge in [0.05, 0.1) is 0 Å². The molecule has 0 unspecified atom stereocenters. The Kier molecular flexibility index (Phi) is 5.13. The molecule has 4 heteroatoms. The summed E-state index contributed by atoms with van der Waals surface area (Å²) in [6, 6.07) is 5.63. The summed E-state index contributed by atoms with van der Waals surface area (Å²) in [5, 5.41) is 17.9. The maximum absolute atomic E-state index is 8.94. The van der Waals surface area contributed by atoms with Gasteiger partial charge in [0.15, 0.2) is 0 Å². The molecule has 2 N–H and O–H groups in total. The number of hydrogen-bond acceptors (Lipinski definition) is 2. The zero-order valence-electron chi connectivity index (χ0n) is 7.70. The molecule has 59 valence electrons. The first-order valence-corrected chi connectivity index (χ1v) is 3.55. The van der Waals surface area contributed by atoms with Crippen molar-refractivity contribution in [2.75, 3.05) is 0 Å². The Balaban J connectivity index is 0.00000121. The molecule has 0 aliphatic rings. The van der Waals surface area contributed by atoms with E-state index in [4.69, 9.17) is 10.0 Å². The van der Waals surface area contributed by atoms with Crippen molar-refractivity contribution in [1.29, 1.82) is 0 Å². The van der Waals surface area contributed by atoms with Gasteiger partial charge in [-0.2, -0.15) is 0 Å². The van der Waals surface area contributed by atoms with Crippen molar-refractivity contribution in [3.05, 3.63) is 29.3 Å². The van der Waals surface area contributed by atoms with Gasteiger partial charge in [-0.1, -0.05) is 29.3 Å². The number of hydrogen-bond donors (Lipinski definition) is 2. The average molecular weight is 173 g/mol. The van der Waals surface area contributed by atoms with Crippen LogP contribution in [0.5, 0.6) is 0 Å². The van der Waals surface area contributed by atoms with Crippen LogP contribution in [0.15, 0.2) is 18.2 Å². The first-order chi connectivity index (χ1) is 5.13. The molecular weight excluding hydrogens is 162 g/mol. The summed E-state index contributed by atoms with van der Waals surface area (Å²) in [5.74, 6) is 0. The van der Waals surface area contributed by atoms with Crippen LogP contribution in [0.25, 0.3) is 0 Å². The molecule has 12 heavy (non-hydrogen) atoms. The van der Waals surface area contributed by atoms with Crippen molar-refractivity contribution in [1.82, 2.24) is 0 Å². The maximum Gasteiger partial charge on any atom is 0.488 e. The number of rotatable bonds is 1. The molecular formula is C8H11BNaO2. The van der Waals surface area contributed by atoms with Gasteiger partial charge in [-0.25, -0.2) is 0 Å². The maximum atomic E-state index is 8.94. The summed E-state index contributed by atoms with van der Waals surface area (Å²) < 4.78 is 0. The molecule has 1 radical (unpaired) electrons. The van der Waals surface area contributed by atoms with Gasteiger partial charge in [0.2, 0.25) is 0 Å². The predicted octanol–water partition coefficient (Wildman–Crippen LogP) is -0.398. The van der Waals surface area contributed by atoms with E-state index in [-0.39, 0.29) is 29.6 Å². The molecule has 1 aromatic carbocycles. The first-order valence-electron chi connectivity index (χ1n) is 3.55. The van der Waals surface area contributed by atoms with E-state index in [0.717, 1.165) is 11.1 Å². The molecule has 0 aliphatic heterocycles. The standard InChI is InChI=1S/C8H11BO2.Na/c1-6-4-3-5-7(2)8(6)9(10)11;/h3-5,10-11H,1-2H3;. The van der Waals surface area contributed by atoms with E-state index in [0.29, 0.717) is 5.46 Å². The minimum atomic E-state index is -1.35. The molecule has 1 aromatic rings. The first kappa shape index (κ1) is 12.2. The topological polar surface area (TPSA) is 40.5 Å². The Bertz CT molecular complexity index is 243. The molecule has 0 amide bonds. The van der Waals surface area contributed by atoms with Crippen LogP contribution in [-0.4, -0.2) is 46.7 Å². The van der Waals surface area contributed by atoms with Crippen molar-refractivity contribution in [2.45, 2.75) is 13.8 Å². The second kappa shape index (κ2) is 5.05. The van der Waals surface area contributed by atoms with E-state index in [1.165, 1.54) is 0 Å². The van der Waals surface area contributed by atoms with E-state index in [2.05, 4.69) is 0 Å². The van der Waals surface area contributed by atoms with Crippen molar-refractivity contribution < 1.29 is 10.0 Å². The summed E-state index contributed by atoms with van der Waals surface area (Å²) in [5.41, 5.74) is 2.45. The van der Waals surface area contributed by atoms with Gasteiger partial charge in [0, 0.05) is 29.6 Å². The molecule has 2 nitrogen and oxygen atoms in total. The van der Waals surface area contributed by atoms with E-state index >= 15 is 0 Å². The zero-order chi connectivity index (χ0) is 8.43. The second-order valence-corrected chi connectivity index (χ2v) is 2.68. The molecule has 0 atom stereocenters. The van der Waals surface area contributed by atoms with Gasteiger partial charge in [0.25, 0.3) is 0 Å². The molecule has 0 fully saturated rings. The Morgan fingerprint density at radius 1 is 1.08 bits per heavy atom. The SMILES string of the molecule is Cc1cccc(C)c1B(O)O.[Na]. The molecule has 0 saturated carbocycles. The third-order valence-electron chi connectivity index (χ3n) is 1.80. The van der Waals surface area contributed by atoms with Crippen molar-refractivity contribution in [2.24, 2.45) is 0 Å². The van der Waals surface area contributed by atoms with Crippen molar-refractivity contribution in [3.63, 3.8) is 0 Å². The molecule has 0 saturated heterocycles. The van der Waals surface area contributed by atoms with Gasteiger partial charge in [0.1, 0.15) is 0 Å². The Morgan fingerprint density at radius 2 is 1.50 bits per heavy atom. The van der Waals surface area contributed by atoms with E-state index < -0.39 is 7.12 Å². The Morgan fingerprint density at radius 3 is 1.75 bits per heavy atom. The van der Waals surface area contributed by atoms with Crippen LogP contribution in [0.3, 0.4) is 0 Å². The zero-order valence-corrected chi connectivity index (χ0v) is 9.70. The number of aryl methyl sites for hydroxylation is 2. The van der Waals surface area contributed by atoms with Crippen molar-refractivity contribution in [3.8, 4) is 0 Å². The summed E-state index contributed by atoms with van der Waals surface area (Å²) in [7, 11) is -1.35. The molecule has 0 spiro atoms. The van der Waals surface area contributed by atoms with Gasteiger partial charge >= 0.3 is 7.12 Å². The summed E-state index contributed by atoms with van der Waals surface area (Å²) in [6.45, 7) is 3.73. The largest absolute Gasteiger partial charge is 0.488 e. The fraction of sp³-hybridized carbons (Fsp3) is 0.250. The molecule has 0 heterocycles. The predicted molar refractivity (Wildman–Crippen MR) is 51.5 cm³/mol. The van der Waals surface area contributed by atoms with Gasteiger partial charge in [-0.15, -0.1) is 0 Å². The third kappa shape index (κ3) is 2.61. The fourth-order valence-corrected chi connectivity index (χ4v) is 1.23. The molecule has 0 bridgehead atoms. The van der Waals surface area contributed by atoms with Crippen LogP contribution in [0.2, 0.25) is 0 Å². The summed E-state index contributed by atoms with van der Waals surface area (Å²) in [4.78, 5) is 0. The number of benzene rings is 1. The van der Waals surface area contributed by atoms with Crippen LogP contribution in [0.4, 0.5) is 0 Å². The second-order valence-electron chi connectivity index (χ2n) is 2.68. The summed E-state index contributed by atoms with van der Waals surface area (Å²) >= 11 is 0. The van der Waals surface area contributed by atoms with Crippen LogP contribution < -0.4 is 5.46 Å². The normalized spacial score (nSPS) is 9.00. The van der Waals surface area contributed by atoms with E-state index in [9.17, 15) is 0 Å². The minimum absolute atomic E-state index is 0. The summed E-state index contributed by atoms with van der Waals surface area (Å²) in [6.07, 6.45) is 0. The van der Waals surface area contributed by atoms with Gasteiger partial charge in [-0.05, 0) is 19.3 Å². The van der Waals surface area contributed by atoms with Crippen molar-refractivity contribution >= 4 is 42.1 Å². The molecule has 0 aromatic heterocycles. The third-order valence-corrected chi connectivity index (χ3v) is 1.80. The Labute approximate surface area is 95.1 Å². The van der Waals surface area contributed by atoms with Crippen LogP contribution in [0.1, 0.15) is 11.1 Å². The quantitative estimate of drug-likeness (QED) is 0.567.